The topological polar surface area (TPSA) is 63.6 Å². The van der Waals surface area contributed by atoms with Gasteiger partial charge in [0.25, 0.3) is 0 Å². The lowest BCUT2D eigenvalue weighted by atomic mass is 10.2. The lowest BCUT2D eigenvalue weighted by Crippen LogP contribution is -2.49. The quantitative estimate of drug-likeness (QED) is 0.543. The molecular formula is C24H25F2N3O3S. The summed E-state index contributed by atoms with van der Waals surface area (Å²) in [5.41, 5.74) is 0.830. The van der Waals surface area contributed by atoms with Gasteiger partial charge in [-0.05, 0) is 32.0 Å². The third-order valence-corrected chi connectivity index (χ3v) is 6.44. The number of para-hydroxylation sites is 1. The molecule has 1 aliphatic rings. The lowest BCUT2D eigenvalue weighted by Gasteiger charge is -2.35. The van der Waals surface area contributed by atoms with Gasteiger partial charge >= 0.3 is 0 Å². The number of hydrogen-bond donors (Lipinski definition) is 1. The van der Waals surface area contributed by atoms with Crippen LogP contribution in [0.3, 0.4) is 0 Å². The fourth-order valence-corrected chi connectivity index (χ4v) is 4.90. The van der Waals surface area contributed by atoms with Crippen LogP contribution in [-0.2, 0) is 20.9 Å². The molecule has 0 bridgehead atoms. The van der Waals surface area contributed by atoms with Crippen LogP contribution >= 0.6 is 11.8 Å². The molecule has 3 aromatic rings. The molecule has 174 valence electrons. The summed E-state index contributed by atoms with van der Waals surface area (Å²) in [5, 5.41) is 3.40. The molecule has 2 amide bonds. The number of nitrogens with zero attached hydrogens (tertiary/aromatic N) is 2. The first kappa shape index (κ1) is 23.3. The Bertz CT molecular complexity index is 1170. The van der Waals surface area contributed by atoms with Crippen LogP contribution in [-0.4, -0.2) is 52.3 Å². The number of aromatic nitrogens is 1. The lowest BCUT2D eigenvalue weighted by molar-refractivity contribution is -0.143. The van der Waals surface area contributed by atoms with Crippen molar-refractivity contribution in [1.82, 2.24) is 9.47 Å². The summed E-state index contributed by atoms with van der Waals surface area (Å²) in [7, 11) is 0. The van der Waals surface area contributed by atoms with E-state index in [2.05, 4.69) is 5.32 Å². The second-order valence-electron chi connectivity index (χ2n) is 8.16. The van der Waals surface area contributed by atoms with E-state index in [1.54, 1.807) is 0 Å². The van der Waals surface area contributed by atoms with Gasteiger partial charge in [0, 0.05) is 41.2 Å². The van der Waals surface area contributed by atoms with Crippen molar-refractivity contribution in [3.8, 4) is 0 Å². The van der Waals surface area contributed by atoms with E-state index in [1.807, 2.05) is 53.8 Å². The minimum atomic E-state index is -0.824. The Hall–Kier alpha value is -2.91. The number of thioether (sulfide) groups is 1. The van der Waals surface area contributed by atoms with Gasteiger partial charge in [0.05, 0.1) is 23.6 Å². The van der Waals surface area contributed by atoms with Crippen LogP contribution in [0.15, 0.2) is 53.6 Å². The van der Waals surface area contributed by atoms with Gasteiger partial charge in [-0.25, -0.2) is 8.78 Å². The third kappa shape index (κ3) is 5.54. The van der Waals surface area contributed by atoms with E-state index in [0.29, 0.717) is 13.1 Å². The van der Waals surface area contributed by atoms with Crippen molar-refractivity contribution in [3.63, 3.8) is 0 Å². The molecule has 6 nitrogen and oxygen atoms in total. The van der Waals surface area contributed by atoms with Gasteiger partial charge in [0.2, 0.25) is 11.8 Å². The molecule has 1 saturated heterocycles. The number of fused-ring (bicyclic) bond motifs is 1. The van der Waals surface area contributed by atoms with Crippen molar-refractivity contribution >= 4 is 40.2 Å². The third-order valence-electron chi connectivity index (χ3n) is 5.39. The maximum absolute atomic E-state index is 13.8. The Morgan fingerprint density at radius 2 is 1.85 bits per heavy atom. The zero-order valence-electron chi connectivity index (χ0n) is 18.4. The Balaban J connectivity index is 1.45. The summed E-state index contributed by atoms with van der Waals surface area (Å²) >= 11 is 1.30. The smallest absolute Gasteiger partial charge is 0.242 e. The molecule has 0 unspecified atom stereocenters. The van der Waals surface area contributed by atoms with E-state index in [4.69, 9.17) is 4.74 Å². The second-order valence-corrected chi connectivity index (χ2v) is 9.17. The van der Waals surface area contributed by atoms with Gasteiger partial charge in [-0.2, -0.15) is 0 Å². The summed E-state index contributed by atoms with van der Waals surface area (Å²) < 4.78 is 34.5. The van der Waals surface area contributed by atoms with E-state index < -0.39 is 17.5 Å². The van der Waals surface area contributed by atoms with Crippen LogP contribution in [0.25, 0.3) is 10.9 Å². The molecular weight excluding hydrogens is 448 g/mol. The van der Waals surface area contributed by atoms with E-state index in [9.17, 15) is 18.4 Å². The monoisotopic (exact) mass is 473 g/mol. The maximum Gasteiger partial charge on any atom is 0.242 e. The summed E-state index contributed by atoms with van der Waals surface area (Å²) in [5.74, 6) is -1.89. The first-order chi connectivity index (χ1) is 15.8. The van der Waals surface area contributed by atoms with Gasteiger partial charge in [-0.1, -0.05) is 18.2 Å². The average Bonchev–Trinajstić information content (AvgIpc) is 3.11. The molecule has 2 atom stereocenters. The Kier molecular flexibility index (Phi) is 6.99. The van der Waals surface area contributed by atoms with Gasteiger partial charge in [-0.15, -0.1) is 11.8 Å². The normalized spacial score (nSPS) is 18.5. The van der Waals surface area contributed by atoms with Crippen molar-refractivity contribution in [1.29, 1.82) is 0 Å². The number of carbonyl (C=O) groups excluding carboxylic acids is 2. The predicted octanol–water partition coefficient (Wildman–Crippen LogP) is 4.29. The summed E-state index contributed by atoms with van der Waals surface area (Å²) in [6.45, 7) is 5.22. The predicted molar refractivity (Wildman–Crippen MR) is 124 cm³/mol. The summed E-state index contributed by atoms with van der Waals surface area (Å²) in [4.78, 5) is 28.0. The zero-order chi connectivity index (χ0) is 23.5. The van der Waals surface area contributed by atoms with Crippen LogP contribution in [0.5, 0.6) is 0 Å². The number of halogens is 2. The number of rotatable bonds is 6. The Morgan fingerprint density at radius 1 is 1.12 bits per heavy atom. The van der Waals surface area contributed by atoms with Gasteiger partial charge in [-0.3, -0.25) is 9.59 Å². The number of morpholine rings is 1. The number of carbonyl (C=O) groups is 2. The standard InChI is InChI=1S/C24H25F2N3O3S/c1-15-10-29(11-16(2)32-15)24(31)13-28-12-22(18-5-3-4-6-21(18)28)33-14-23(30)27-20-8-7-17(25)9-19(20)26/h3-9,12,15-16H,10-11,13-14H2,1-2H3,(H,27,30)/t15-,16-/m1/s1. The molecule has 9 heteroatoms. The molecule has 0 radical (unpaired) electrons. The maximum atomic E-state index is 13.8. The molecule has 0 aliphatic carbocycles. The Labute approximate surface area is 194 Å². The number of ether oxygens (including phenoxy) is 1. The number of benzene rings is 2. The molecule has 1 N–H and O–H groups in total. The largest absolute Gasteiger partial charge is 0.372 e. The van der Waals surface area contributed by atoms with Crippen molar-refractivity contribution < 1.29 is 23.1 Å². The van der Waals surface area contributed by atoms with E-state index in [0.717, 1.165) is 27.9 Å². The van der Waals surface area contributed by atoms with Gasteiger partial charge < -0.3 is 19.5 Å². The molecule has 1 aromatic heterocycles. The van der Waals surface area contributed by atoms with Crippen molar-refractivity contribution in [2.45, 2.75) is 37.5 Å². The highest BCUT2D eigenvalue weighted by Gasteiger charge is 2.26. The van der Waals surface area contributed by atoms with Gasteiger partial charge in [0.1, 0.15) is 18.2 Å². The zero-order valence-corrected chi connectivity index (χ0v) is 19.2. The molecule has 0 spiro atoms. The number of nitrogens with one attached hydrogen (secondary N) is 1. The highest BCUT2D eigenvalue weighted by atomic mass is 32.2. The minimum absolute atomic E-state index is 0.00493. The van der Waals surface area contributed by atoms with Crippen molar-refractivity contribution in [3.05, 3.63) is 60.3 Å². The van der Waals surface area contributed by atoms with E-state index in [-0.39, 0.29) is 36.1 Å². The van der Waals surface area contributed by atoms with Crippen molar-refractivity contribution in [2.75, 3.05) is 24.2 Å². The SMILES string of the molecule is C[C@@H]1CN(C(=O)Cn2cc(SCC(=O)Nc3ccc(F)cc3F)c3ccccc32)C[C@@H](C)O1. The van der Waals surface area contributed by atoms with Crippen LogP contribution in [0.4, 0.5) is 14.5 Å². The summed E-state index contributed by atoms with van der Waals surface area (Å²) in [6, 6.07) is 10.7. The fourth-order valence-electron chi connectivity index (χ4n) is 4.01. The molecule has 0 saturated carbocycles. The minimum Gasteiger partial charge on any atom is -0.372 e. The van der Waals surface area contributed by atoms with Crippen LogP contribution < -0.4 is 5.32 Å². The molecule has 1 aliphatic heterocycles. The van der Waals surface area contributed by atoms with Crippen LogP contribution in [0.2, 0.25) is 0 Å². The first-order valence-electron chi connectivity index (χ1n) is 10.7. The molecule has 2 heterocycles. The van der Waals surface area contributed by atoms with Crippen LogP contribution in [0.1, 0.15) is 13.8 Å². The molecule has 1 fully saturated rings. The second kappa shape index (κ2) is 9.93. The number of hydrogen-bond acceptors (Lipinski definition) is 4. The molecule has 2 aromatic carbocycles. The highest BCUT2D eigenvalue weighted by Crippen LogP contribution is 2.30. The number of amides is 2. The summed E-state index contributed by atoms with van der Waals surface area (Å²) in [6.07, 6.45) is 1.86. The molecule has 4 rings (SSSR count). The highest BCUT2D eigenvalue weighted by molar-refractivity contribution is 8.00. The first-order valence-corrected chi connectivity index (χ1v) is 11.7. The van der Waals surface area contributed by atoms with Crippen molar-refractivity contribution in [2.24, 2.45) is 0 Å². The van der Waals surface area contributed by atoms with Crippen LogP contribution in [0, 0.1) is 11.6 Å². The molecule has 33 heavy (non-hydrogen) atoms. The van der Waals surface area contributed by atoms with Gasteiger partial charge in [0.15, 0.2) is 0 Å². The number of anilines is 1. The van der Waals surface area contributed by atoms with E-state index >= 15 is 0 Å². The average molecular weight is 474 g/mol. The Morgan fingerprint density at radius 3 is 2.58 bits per heavy atom. The fraction of sp³-hybridized carbons (Fsp3) is 0.333. The van der Waals surface area contributed by atoms with E-state index in [1.165, 1.54) is 17.8 Å².